The first-order chi connectivity index (χ1) is 13.4. The Labute approximate surface area is 163 Å². The molecule has 0 unspecified atom stereocenters. The number of carbonyl (C=O) groups excluding carboxylic acids is 2. The summed E-state index contributed by atoms with van der Waals surface area (Å²) in [5, 5.41) is 2.98. The number of ketones is 1. The van der Waals surface area contributed by atoms with E-state index in [2.05, 4.69) is 10.3 Å². The van der Waals surface area contributed by atoms with Crippen LogP contribution in [0.15, 0.2) is 48.8 Å². The van der Waals surface area contributed by atoms with Crippen molar-refractivity contribution < 1.29 is 9.59 Å². The highest BCUT2D eigenvalue weighted by Gasteiger charge is 2.24. The molecule has 1 heterocycles. The molecule has 0 radical (unpaired) electrons. The van der Waals surface area contributed by atoms with Gasteiger partial charge in [-0.1, -0.05) is 29.8 Å². The number of nitrogen functional groups attached to an aromatic ring is 1. The number of carbonyl (C=O) groups is 2. The van der Waals surface area contributed by atoms with Gasteiger partial charge < -0.3 is 11.1 Å². The lowest BCUT2D eigenvalue weighted by Gasteiger charge is -2.12. The van der Waals surface area contributed by atoms with Crippen molar-refractivity contribution in [1.82, 2.24) is 14.9 Å². The molecule has 1 fully saturated rings. The fraction of sp³-hybridized carbons (Fsp3) is 0.227. The van der Waals surface area contributed by atoms with Crippen LogP contribution in [0.5, 0.6) is 0 Å². The minimum absolute atomic E-state index is 0.0986. The van der Waals surface area contributed by atoms with Crippen molar-refractivity contribution in [3.8, 4) is 5.69 Å². The topological polar surface area (TPSA) is 90.0 Å². The molecule has 4 rings (SSSR count). The summed E-state index contributed by atoms with van der Waals surface area (Å²) in [5.74, 6) is -0.0620. The predicted octanol–water partition coefficient (Wildman–Crippen LogP) is 3.19. The van der Waals surface area contributed by atoms with Crippen molar-refractivity contribution in [2.45, 2.75) is 32.7 Å². The van der Waals surface area contributed by atoms with Crippen molar-refractivity contribution in [2.75, 3.05) is 5.73 Å². The van der Waals surface area contributed by atoms with Crippen LogP contribution in [0.4, 0.5) is 5.82 Å². The number of nitrogens with zero attached hydrogens (tertiary/aromatic N) is 2. The third-order valence-electron chi connectivity index (χ3n) is 4.94. The minimum atomic E-state index is -0.222. The standard InChI is InChI=1S/C22H22N4O2/c1-13-4-3-5-15(10-13)20(27)19-21(23)26(12-24-19)18-11-16(7-6-14(18)2)22(28)25-17-8-9-17/h3-7,10-12,17H,8-9,23H2,1-2H3,(H,25,28). The minimum Gasteiger partial charge on any atom is -0.383 e. The number of hydrogen-bond acceptors (Lipinski definition) is 4. The Balaban J connectivity index is 1.68. The van der Waals surface area contributed by atoms with Gasteiger partial charge in [-0.05, 0) is 50.5 Å². The van der Waals surface area contributed by atoms with Gasteiger partial charge in [0.2, 0.25) is 5.78 Å². The second-order valence-corrected chi connectivity index (χ2v) is 7.30. The summed E-state index contributed by atoms with van der Waals surface area (Å²) in [5.41, 5.74) is 10.3. The molecule has 28 heavy (non-hydrogen) atoms. The van der Waals surface area contributed by atoms with Crippen LogP contribution >= 0.6 is 0 Å². The van der Waals surface area contributed by atoms with Crippen molar-refractivity contribution >= 4 is 17.5 Å². The molecule has 6 heteroatoms. The van der Waals surface area contributed by atoms with Gasteiger partial charge in [0.1, 0.15) is 12.1 Å². The number of rotatable bonds is 5. The van der Waals surface area contributed by atoms with Gasteiger partial charge in [-0.15, -0.1) is 0 Å². The number of hydrogen-bond donors (Lipinski definition) is 2. The van der Waals surface area contributed by atoms with Gasteiger partial charge in [0.25, 0.3) is 5.91 Å². The number of nitrogens with two attached hydrogens (primary N) is 1. The smallest absolute Gasteiger partial charge is 0.251 e. The van der Waals surface area contributed by atoms with Crippen molar-refractivity contribution in [3.63, 3.8) is 0 Å². The van der Waals surface area contributed by atoms with E-state index in [0.29, 0.717) is 11.1 Å². The lowest BCUT2D eigenvalue weighted by Crippen LogP contribution is -2.25. The van der Waals surface area contributed by atoms with Gasteiger partial charge in [0.05, 0.1) is 5.69 Å². The average Bonchev–Trinajstić information content (AvgIpc) is 3.41. The van der Waals surface area contributed by atoms with Gasteiger partial charge in [-0.3, -0.25) is 14.2 Å². The van der Waals surface area contributed by atoms with E-state index >= 15 is 0 Å². The number of aromatic nitrogens is 2. The molecule has 1 aliphatic rings. The Kier molecular flexibility index (Phi) is 4.47. The summed E-state index contributed by atoms with van der Waals surface area (Å²) < 4.78 is 1.66. The van der Waals surface area contributed by atoms with E-state index in [1.54, 1.807) is 22.8 Å². The summed E-state index contributed by atoms with van der Waals surface area (Å²) in [6, 6.07) is 13.1. The zero-order valence-electron chi connectivity index (χ0n) is 15.9. The van der Waals surface area contributed by atoms with Crippen LogP contribution in [-0.2, 0) is 0 Å². The fourth-order valence-electron chi connectivity index (χ4n) is 3.15. The number of aryl methyl sites for hydroxylation is 2. The molecule has 1 aliphatic carbocycles. The molecule has 1 saturated carbocycles. The molecule has 3 aromatic rings. The Morgan fingerprint density at radius 2 is 1.89 bits per heavy atom. The van der Waals surface area contributed by atoms with E-state index in [1.807, 2.05) is 38.1 Å². The third kappa shape index (κ3) is 3.41. The Bertz CT molecular complexity index is 1080. The molecule has 0 aliphatic heterocycles. The first-order valence-corrected chi connectivity index (χ1v) is 9.30. The van der Waals surface area contributed by atoms with Crippen LogP contribution in [0, 0.1) is 13.8 Å². The summed E-state index contributed by atoms with van der Waals surface area (Å²) in [7, 11) is 0. The molecule has 1 amide bonds. The van der Waals surface area contributed by atoms with Crippen molar-refractivity contribution in [2.24, 2.45) is 0 Å². The van der Waals surface area contributed by atoms with Gasteiger partial charge in [-0.2, -0.15) is 0 Å². The number of nitrogens with one attached hydrogen (secondary N) is 1. The zero-order chi connectivity index (χ0) is 19.8. The number of imidazole rings is 1. The van der Waals surface area contributed by atoms with Gasteiger partial charge in [0, 0.05) is 17.2 Å². The summed E-state index contributed by atoms with van der Waals surface area (Å²) in [4.78, 5) is 29.5. The normalized spacial score (nSPS) is 13.4. The zero-order valence-corrected chi connectivity index (χ0v) is 15.9. The highest BCUT2D eigenvalue weighted by atomic mass is 16.1. The maximum Gasteiger partial charge on any atom is 0.251 e. The maximum absolute atomic E-state index is 12.8. The second kappa shape index (κ2) is 6.96. The number of benzene rings is 2. The highest BCUT2D eigenvalue weighted by molar-refractivity contribution is 6.10. The molecule has 3 N–H and O–H groups in total. The summed E-state index contributed by atoms with van der Waals surface area (Å²) in [6.45, 7) is 3.86. The molecule has 142 valence electrons. The Morgan fingerprint density at radius 3 is 2.61 bits per heavy atom. The number of anilines is 1. The Hall–Kier alpha value is -3.41. The van der Waals surface area contributed by atoms with E-state index in [0.717, 1.165) is 29.7 Å². The van der Waals surface area contributed by atoms with Crippen molar-refractivity contribution in [3.05, 3.63) is 76.7 Å². The quantitative estimate of drug-likeness (QED) is 0.671. The fourth-order valence-corrected chi connectivity index (χ4v) is 3.15. The van der Waals surface area contributed by atoms with Crippen molar-refractivity contribution in [1.29, 1.82) is 0 Å². The molecule has 0 atom stereocenters. The lowest BCUT2D eigenvalue weighted by atomic mass is 10.1. The van der Waals surface area contributed by atoms with Crippen LogP contribution in [-0.4, -0.2) is 27.3 Å². The lowest BCUT2D eigenvalue weighted by molar-refractivity contribution is 0.0950. The van der Waals surface area contributed by atoms with Gasteiger partial charge in [0.15, 0.2) is 5.69 Å². The summed E-state index contributed by atoms with van der Waals surface area (Å²) in [6.07, 6.45) is 3.59. The van der Waals surface area contributed by atoms with Crippen LogP contribution < -0.4 is 11.1 Å². The largest absolute Gasteiger partial charge is 0.383 e. The predicted molar refractivity (Wildman–Crippen MR) is 108 cm³/mol. The molecule has 0 saturated heterocycles. The molecule has 2 aromatic carbocycles. The van der Waals surface area contributed by atoms with E-state index in [4.69, 9.17) is 5.73 Å². The molecular weight excluding hydrogens is 352 g/mol. The monoisotopic (exact) mass is 374 g/mol. The van der Waals surface area contributed by atoms with Crippen LogP contribution in [0.25, 0.3) is 5.69 Å². The van der Waals surface area contributed by atoms with Gasteiger partial charge in [-0.25, -0.2) is 4.98 Å². The molecule has 1 aromatic heterocycles. The van der Waals surface area contributed by atoms with E-state index < -0.39 is 0 Å². The molecule has 6 nitrogen and oxygen atoms in total. The van der Waals surface area contributed by atoms with Gasteiger partial charge >= 0.3 is 0 Å². The molecular formula is C22H22N4O2. The SMILES string of the molecule is Cc1cccc(C(=O)c2ncn(-c3cc(C(=O)NC4CC4)ccc3C)c2N)c1. The van der Waals surface area contributed by atoms with E-state index in [-0.39, 0.29) is 29.2 Å². The summed E-state index contributed by atoms with van der Waals surface area (Å²) >= 11 is 0. The first kappa shape index (κ1) is 18.0. The van der Waals surface area contributed by atoms with E-state index in [1.165, 1.54) is 6.33 Å². The molecule has 0 spiro atoms. The number of amides is 1. The highest BCUT2D eigenvalue weighted by Crippen LogP contribution is 2.24. The second-order valence-electron chi connectivity index (χ2n) is 7.30. The van der Waals surface area contributed by atoms with Crippen LogP contribution in [0.1, 0.15) is 50.4 Å². The Morgan fingerprint density at radius 1 is 1.11 bits per heavy atom. The van der Waals surface area contributed by atoms with Crippen LogP contribution in [0.2, 0.25) is 0 Å². The average molecular weight is 374 g/mol. The maximum atomic E-state index is 12.8. The van der Waals surface area contributed by atoms with Crippen LogP contribution in [0.3, 0.4) is 0 Å². The first-order valence-electron chi connectivity index (χ1n) is 9.30. The third-order valence-corrected chi connectivity index (χ3v) is 4.94. The molecule has 0 bridgehead atoms. The van der Waals surface area contributed by atoms with E-state index in [9.17, 15) is 9.59 Å².